The van der Waals surface area contributed by atoms with E-state index in [1.807, 2.05) is 20.8 Å². The van der Waals surface area contributed by atoms with Crippen LogP contribution in [0.4, 0.5) is 0 Å². The van der Waals surface area contributed by atoms with Gasteiger partial charge in [0.25, 0.3) is 0 Å². The highest BCUT2D eigenvalue weighted by molar-refractivity contribution is 6.63. The molecule has 1 heterocycles. The van der Waals surface area contributed by atoms with Crippen molar-refractivity contribution in [1.82, 2.24) is 5.06 Å². The van der Waals surface area contributed by atoms with E-state index in [-0.39, 0.29) is 17.1 Å². The van der Waals surface area contributed by atoms with Crippen LogP contribution >= 0.6 is 11.6 Å². The number of piperidine rings is 1. The number of carbonyl (C=O) groups excluding carboxylic acids is 2. The maximum Gasteiger partial charge on any atom is 0.330 e. The second kappa shape index (κ2) is 5.15. The minimum Gasteiger partial charge on any atom is -0.367 e. The lowest BCUT2D eigenvalue weighted by atomic mass is 9.97. The highest BCUT2D eigenvalue weighted by atomic mass is 35.5. The standard InChI is InChI=1S/C11H18ClNO3/c1-11(2,3)10(15)16-13-6-4-8(5-7-13)9(12)14/h8H,4-7H2,1-3H3. The van der Waals surface area contributed by atoms with Crippen molar-refractivity contribution < 1.29 is 14.4 Å². The van der Waals surface area contributed by atoms with Gasteiger partial charge in [-0.1, -0.05) is 0 Å². The third-order valence-electron chi connectivity index (χ3n) is 2.60. The van der Waals surface area contributed by atoms with Gasteiger partial charge < -0.3 is 4.84 Å². The van der Waals surface area contributed by atoms with Crippen LogP contribution in [0.3, 0.4) is 0 Å². The topological polar surface area (TPSA) is 46.6 Å². The first-order chi connectivity index (χ1) is 7.30. The molecule has 1 fully saturated rings. The Morgan fingerprint density at radius 3 is 2.12 bits per heavy atom. The summed E-state index contributed by atoms with van der Waals surface area (Å²) >= 11 is 5.42. The molecule has 0 unspecified atom stereocenters. The van der Waals surface area contributed by atoms with Crippen molar-refractivity contribution in [2.24, 2.45) is 11.3 Å². The second-order valence-electron chi connectivity index (χ2n) is 5.14. The fourth-order valence-corrected chi connectivity index (χ4v) is 1.65. The molecule has 0 radical (unpaired) electrons. The molecule has 0 aromatic heterocycles. The average molecular weight is 248 g/mol. The SMILES string of the molecule is CC(C)(C)C(=O)ON1CCC(C(=O)Cl)CC1. The molecule has 1 aliphatic heterocycles. The molecule has 4 nitrogen and oxygen atoms in total. The molecular weight excluding hydrogens is 230 g/mol. The van der Waals surface area contributed by atoms with Crippen molar-refractivity contribution in [2.75, 3.05) is 13.1 Å². The van der Waals surface area contributed by atoms with Crippen molar-refractivity contribution in [1.29, 1.82) is 0 Å². The average Bonchev–Trinajstić information content (AvgIpc) is 2.17. The van der Waals surface area contributed by atoms with Gasteiger partial charge in [0.2, 0.25) is 5.24 Å². The van der Waals surface area contributed by atoms with E-state index in [0.717, 1.165) is 0 Å². The molecule has 0 aliphatic carbocycles. The van der Waals surface area contributed by atoms with Crippen molar-refractivity contribution >= 4 is 22.8 Å². The first kappa shape index (κ1) is 13.5. The molecule has 0 aromatic carbocycles. The zero-order valence-electron chi connectivity index (χ0n) is 9.96. The van der Waals surface area contributed by atoms with E-state index in [1.54, 1.807) is 5.06 Å². The van der Waals surface area contributed by atoms with Crippen LogP contribution in [0.2, 0.25) is 0 Å². The molecule has 0 N–H and O–H groups in total. The van der Waals surface area contributed by atoms with Crippen LogP contribution in [0.25, 0.3) is 0 Å². The molecule has 1 aliphatic rings. The number of nitrogens with zero attached hydrogens (tertiary/aromatic N) is 1. The molecule has 0 spiro atoms. The van der Waals surface area contributed by atoms with Gasteiger partial charge in [0.15, 0.2) is 0 Å². The Bertz CT molecular complexity index is 277. The van der Waals surface area contributed by atoms with Crippen LogP contribution in [-0.4, -0.2) is 29.4 Å². The quantitative estimate of drug-likeness (QED) is 0.700. The van der Waals surface area contributed by atoms with Gasteiger partial charge in [-0.25, -0.2) is 4.79 Å². The van der Waals surface area contributed by atoms with Crippen LogP contribution in [0.5, 0.6) is 0 Å². The molecule has 1 rings (SSSR count). The van der Waals surface area contributed by atoms with Crippen molar-refractivity contribution in [3.8, 4) is 0 Å². The third kappa shape index (κ3) is 3.76. The minimum atomic E-state index is -0.501. The summed E-state index contributed by atoms with van der Waals surface area (Å²) in [6.07, 6.45) is 1.31. The number of carbonyl (C=O) groups is 2. The minimum absolute atomic E-state index is 0.0914. The molecule has 0 bridgehead atoms. The lowest BCUT2D eigenvalue weighted by Gasteiger charge is -2.30. The Kier molecular flexibility index (Phi) is 4.33. The van der Waals surface area contributed by atoms with E-state index in [4.69, 9.17) is 16.4 Å². The van der Waals surface area contributed by atoms with E-state index in [1.165, 1.54) is 0 Å². The van der Waals surface area contributed by atoms with Crippen LogP contribution in [-0.2, 0) is 14.4 Å². The number of hydrogen-bond donors (Lipinski definition) is 0. The molecule has 1 saturated heterocycles. The fourth-order valence-electron chi connectivity index (χ4n) is 1.43. The van der Waals surface area contributed by atoms with Gasteiger partial charge in [-0.2, -0.15) is 0 Å². The summed E-state index contributed by atoms with van der Waals surface area (Å²) in [7, 11) is 0. The van der Waals surface area contributed by atoms with Crippen LogP contribution in [0.15, 0.2) is 0 Å². The Balaban J connectivity index is 2.38. The van der Waals surface area contributed by atoms with Crippen LogP contribution in [0, 0.1) is 11.3 Å². The number of hydrogen-bond acceptors (Lipinski definition) is 4. The molecule has 5 heteroatoms. The molecule has 0 amide bonds. The maximum atomic E-state index is 11.6. The zero-order valence-corrected chi connectivity index (χ0v) is 10.7. The summed E-state index contributed by atoms with van der Waals surface area (Å²) in [5.74, 6) is -0.339. The largest absolute Gasteiger partial charge is 0.367 e. The maximum absolute atomic E-state index is 11.6. The van der Waals surface area contributed by atoms with E-state index in [9.17, 15) is 9.59 Å². The Morgan fingerprint density at radius 1 is 1.25 bits per heavy atom. The second-order valence-corrected chi connectivity index (χ2v) is 5.51. The first-order valence-corrected chi connectivity index (χ1v) is 5.85. The smallest absolute Gasteiger partial charge is 0.330 e. The fraction of sp³-hybridized carbons (Fsp3) is 0.818. The Morgan fingerprint density at radius 2 is 1.75 bits per heavy atom. The van der Waals surface area contributed by atoms with Crippen LogP contribution < -0.4 is 0 Å². The molecular formula is C11H18ClNO3. The third-order valence-corrected chi connectivity index (χ3v) is 2.91. The predicted molar refractivity (Wildman–Crippen MR) is 60.7 cm³/mol. The number of rotatable bonds is 2. The van der Waals surface area contributed by atoms with Gasteiger partial charge >= 0.3 is 5.97 Å². The first-order valence-electron chi connectivity index (χ1n) is 5.47. The zero-order chi connectivity index (χ0) is 12.3. The molecule has 0 aromatic rings. The summed E-state index contributed by atoms with van der Waals surface area (Å²) in [4.78, 5) is 27.7. The summed E-state index contributed by atoms with van der Waals surface area (Å²) in [6, 6.07) is 0. The Labute approximate surface area is 101 Å². The van der Waals surface area contributed by atoms with Gasteiger partial charge in [-0.05, 0) is 45.2 Å². The van der Waals surface area contributed by atoms with Gasteiger partial charge in [0.1, 0.15) is 0 Å². The molecule has 92 valence electrons. The van der Waals surface area contributed by atoms with E-state index in [2.05, 4.69) is 0 Å². The Hall–Kier alpha value is -0.610. The lowest BCUT2D eigenvalue weighted by molar-refractivity contribution is -0.205. The van der Waals surface area contributed by atoms with Crippen molar-refractivity contribution in [3.63, 3.8) is 0 Å². The van der Waals surface area contributed by atoms with E-state index < -0.39 is 5.41 Å². The van der Waals surface area contributed by atoms with Crippen molar-refractivity contribution in [3.05, 3.63) is 0 Å². The highest BCUT2D eigenvalue weighted by Gasteiger charge is 2.29. The van der Waals surface area contributed by atoms with Crippen molar-refractivity contribution in [2.45, 2.75) is 33.6 Å². The van der Waals surface area contributed by atoms with E-state index >= 15 is 0 Å². The number of halogens is 1. The van der Waals surface area contributed by atoms with Gasteiger partial charge in [-0.3, -0.25) is 4.79 Å². The summed E-state index contributed by atoms with van der Waals surface area (Å²) in [6.45, 7) is 6.58. The van der Waals surface area contributed by atoms with E-state index in [0.29, 0.717) is 25.9 Å². The molecule has 0 saturated carbocycles. The number of hydroxylamine groups is 2. The molecule has 0 atom stereocenters. The monoisotopic (exact) mass is 247 g/mol. The summed E-state index contributed by atoms with van der Waals surface area (Å²) in [5.41, 5.74) is -0.501. The summed E-state index contributed by atoms with van der Waals surface area (Å²) in [5, 5.41) is 1.32. The van der Waals surface area contributed by atoms with Gasteiger partial charge in [0, 0.05) is 19.0 Å². The van der Waals surface area contributed by atoms with Crippen LogP contribution in [0.1, 0.15) is 33.6 Å². The molecule has 16 heavy (non-hydrogen) atoms. The van der Waals surface area contributed by atoms with Gasteiger partial charge in [-0.15, -0.1) is 5.06 Å². The highest BCUT2D eigenvalue weighted by Crippen LogP contribution is 2.22. The normalized spacial score (nSPS) is 19.5. The van der Waals surface area contributed by atoms with Gasteiger partial charge in [0.05, 0.1) is 5.41 Å². The lowest BCUT2D eigenvalue weighted by Crippen LogP contribution is -2.39. The summed E-state index contributed by atoms with van der Waals surface area (Å²) < 4.78 is 0. The predicted octanol–water partition coefficient (Wildman–Crippen LogP) is 1.97.